The quantitative estimate of drug-likeness (QED) is 0.650. The van der Waals surface area contributed by atoms with Gasteiger partial charge in [0.1, 0.15) is 0 Å². The molecule has 1 aromatic rings. The van der Waals surface area contributed by atoms with Crippen molar-refractivity contribution in [1.29, 1.82) is 0 Å². The van der Waals surface area contributed by atoms with Gasteiger partial charge in [-0.2, -0.15) is 0 Å². The van der Waals surface area contributed by atoms with Crippen molar-refractivity contribution in [3.63, 3.8) is 0 Å². The number of hydrogen-bond acceptors (Lipinski definition) is 1. The Morgan fingerprint density at radius 2 is 1.31 bits per heavy atom. The van der Waals surface area contributed by atoms with Gasteiger partial charge in [0, 0.05) is 12.8 Å². The van der Waals surface area contributed by atoms with Crippen LogP contribution in [0.4, 0.5) is 0 Å². The fraction of sp³-hybridized carbons (Fsp3) is 0.400. The Hall–Kier alpha value is -1.37. The number of rotatable bonds is 3. The molecule has 0 aliphatic heterocycles. The second kappa shape index (κ2) is 19.2. The van der Waals surface area contributed by atoms with Gasteiger partial charge in [-0.05, 0) is 19.4 Å². The molecule has 0 aliphatic rings. The highest BCUT2D eigenvalue weighted by molar-refractivity contribution is 5.70. The number of benzene rings is 1. The van der Waals surface area contributed by atoms with Crippen molar-refractivity contribution in [2.45, 2.75) is 34.1 Å². The zero-order valence-electron chi connectivity index (χ0n) is 11.1. The average molecular weight is 219 g/mol. The van der Waals surface area contributed by atoms with Gasteiger partial charge in [0.05, 0.1) is 0 Å². The van der Waals surface area contributed by atoms with Crippen LogP contribution in [-0.2, 0) is 0 Å². The fourth-order valence-corrected chi connectivity index (χ4v) is 0.748. The van der Waals surface area contributed by atoms with E-state index in [9.17, 15) is 0 Å². The van der Waals surface area contributed by atoms with Crippen LogP contribution < -0.4 is 0 Å². The van der Waals surface area contributed by atoms with Crippen molar-refractivity contribution >= 4 is 6.21 Å². The van der Waals surface area contributed by atoms with E-state index in [2.05, 4.69) is 18.0 Å². The molecule has 0 saturated carbocycles. The Bertz CT molecular complexity index is 198. The maximum atomic E-state index is 4.00. The normalized spacial score (nSPS) is 9.25. The lowest BCUT2D eigenvalue weighted by Crippen LogP contribution is -1.67. The van der Waals surface area contributed by atoms with Crippen LogP contribution in [0.1, 0.15) is 34.1 Å². The summed E-state index contributed by atoms with van der Waals surface area (Å²) in [5, 5.41) is 0. The van der Waals surface area contributed by atoms with Gasteiger partial charge in [0.25, 0.3) is 0 Å². The molecule has 0 atom stereocenters. The molecule has 1 aromatic carbocycles. The summed E-state index contributed by atoms with van der Waals surface area (Å²) < 4.78 is 0. The zero-order chi connectivity index (χ0) is 12.5. The smallest absolute Gasteiger partial charge is 0.0360 e. The molecule has 0 aromatic heterocycles. The van der Waals surface area contributed by atoms with Crippen LogP contribution >= 0.6 is 0 Å². The topological polar surface area (TPSA) is 12.4 Å². The third kappa shape index (κ3) is 18.4. The highest BCUT2D eigenvalue weighted by atomic mass is 14.7. The summed E-state index contributed by atoms with van der Waals surface area (Å²) in [6.45, 7) is 9.01. The molecule has 0 aliphatic carbocycles. The van der Waals surface area contributed by atoms with Gasteiger partial charge < -0.3 is 0 Å². The molecule has 0 bridgehead atoms. The van der Waals surface area contributed by atoms with Crippen molar-refractivity contribution in [1.82, 2.24) is 0 Å². The van der Waals surface area contributed by atoms with Crippen molar-refractivity contribution in [3.8, 4) is 0 Å². The Kier molecular flexibility index (Phi) is 20.5. The molecule has 0 saturated heterocycles. The summed E-state index contributed by atoms with van der Waals surface area (Å²) in [7, 11) is 0. The zero-order valence-corrected chi connectivity index (χ0v) is 11.1. The number of aliphatic imine (C=N–C) groups is 1. The lowest BCUT2D eigenvalue weighted by atomic mass is 10.4. The van der Waals surface area contributed by atoms with E-state index in [-0.39, 0.29) is 0 Å². The molecular formula is C15H25N. The van der Waals surface area contributed by atoms with Crippen molar-refractivity contribution < 1.29 is 0 Å². The second-order valence-corrected chi connectivity index (χ2v) is 2.64. The number of hydrogen-bond donors (Lipinski definition) is 0. The first-order valence-corrected chi connectivity index (χ1v) is 6.06. The molecule has 1 heteroatoms. The molecule has 0 unspecified atom stereocenters. The second-order valence-electron chi connectivity index (χ2n) is 2.64. The third-order valence-electron chi connectivity index (χ3n) is 1.41. The molecule has 0 amide bonds. The van der Waals surface area contributed by atoms with Crippen molar-refractivity contribution in [2.24, 2.45) is 4.99 Å². The highest BCUT2D eigenvalue weighted by Gasteiger charge is 1.62. The molecule has 0 spiro atoms. The van der Waals surface area contributed by atoms with Gasteiger partial charge >= 0.3 is 0 Å². The van der Waals surface area contributed by atoms with E-state index in [1.165, 1.54) is 0 Å². The Balaban J connectivity index is 0. The minimum absolute atomic E-state index is 0.883. The SMILES string of the molecule is CC.CC/C=C\C=NCC.c1ccccc1. The third-order valence-corrected chi connectivity index (χ3v) is 1.41. The monoisotopic (exact) mass is 219 g/mol. The summed E-state index contributed by atoms with van der Waals surface area (Å²) in [6.07, 6.45) is 6.99. The summed E-state index contributed by atoms with van der Waals surface area (Å²) in [4.78, 5) is 4.00. The molecule has 0 fully saturated rings. The predicted octanol–water partition coefficient (Wildman–Crippen LogP) is 4.76. The van der Waals surface area contributed by atoms with Crippen LogP contribution in [0.15, 0.2) is 53.5 Å². The van der Waals surface area contributed by atoms with E-state index < -0.39 is 0 Å². The fourth-order valence-electron chi connectivity index (χ4n) is 0.748. The summed E-state index contributed by atoms with van der Waals surface area (Å²) >= 11 is 0. The van der Waals surface area contributed by atoms with E-state index in [0.29, 0.717) is 0 Å². The molecule has 0 radical (unpaired) electrons. The lowest BCUT2D eigenvalue weighted by molar-refractivity contribution is 1.14. The van der Waals surface area contributed by atoms with Crippen LogP contribution in [0.5, 0.6) is 0 Å². The van der Waals surface area contributed by atoms with E-state index in [1.807, 2.05) is 69.5 Å². The maximum Gasteiger partial charge on any atom is 0.0360 e. The van der Waals surface area contributed by atoms with Gasteiger partial charge in [-0.25, -0.2) is 0 Å². The van der Waals surface area contributed by atoms with E-state index in [4.69, 9.17) is 0 Å². The van der Waals surface area contributed by atoms with Crippen molar-refractivity contribution in [3.05, 3.63) is 48.6 Å². The van der Waals surface area contributed by atoms with Crippen LogP contribution in [0.25, 0.3) is 0 Å². The molecule has 16 heavy (non-hydrogen) atoms. The van der Waals surface area contributed by atoms with Crippen LogP contribution in [0, 0.1) is 0 Å². The van der Waals surface area contributed by atoms with Crippen molar-refractivity contribution in [2.75, 3.05) is 6.54 Å². The summed E-state index contributed by atoms with van der Waals surface area (Å²) in [5.41, 5.74) is 0. The largest absolute Gasteiger partial charge is 0.293 e. The molecule has 1 rings (SSSR count). The molecular weight excluding hydrogens is 194 g/mol. The maximum absolute atomic E-state index is 4.00. The van der Waals surface area contributed by atoms with E-state index in [1.54, 1.807) is 0 Å². The van der Waals surface area contributed by atoms with Gasteiger partial charge in [0.15, 0.2) is 0 Å². The first-order chi connectivity index (χ1) is 7.91. The lowest BCUT2D eigenvalue weighted by Gasteiger charge is -1.75. The van der Waals surface area contributed by atoms with E-state index >= 15 is 0 Å². The molecule has 0 N–H and O–H groups in total. The van der Waals surface area contributed by atoms with Gasteiger partial charge in [0.2, 0.25) is 0 Å². The summed E-state index contributed by atoms with van der Waals surface area (Å²) in [6, 6.07) is 12.0. The van der Waals surface area contributed by atoms with Gasteiger partial charge in [-0.1, -0.05) is 63.2 Å². The summed E-state index contributed by atoms with van der Waals surface area (Å²) in [5.74, 6) is 0. The molecule has 90 valence electrons. The minimum Gasteiger partial charge on any atom is -0.293 e. The highest BCUT2D eigenvalue weighted by Crippen LogP contribution is 1.80. The average Bonchev–Trinajstić information content (AvgIpc) is 2.40. The molecule has 0 heterocycles. The number of nitrogens with zero attached hydrogens (tertiary/aromatic N) is 1. The van der Waals surface area contributed by atoms with Crippen LogP contribution in [-0.4, -0.2) is 12.8 Å². The Morgan fingerprint density at radius 3 is 1.62 bits per heavy atom. The molecule has 1 nitrogen and oxygen atoms in total. The first kappa shape index (κ1) is 17.0. The van der Waals surface area contributed by atoms with Crippen LogP contribution in [0.2, 0.25) is 0 Å². The van der Waals surface area contributed by atoms with Gasteiger partial charge in [-0.15, -0.1) is 0 Å². The predicted molar refractivity (Wildman–Crippen MR) is 76.3 cm³/mol. The van der Waals surface area contributed by atoms with E-state index in [0.717, 1.165) is 13.0 Å². The minimum atomic E-state index is 0.883. The van der Waals surface area contributed by atoms with Crippen LogP contribution in [0.3, 0.4) is 0 Å². The van der Waals surface area contributed by atoms with Gasteiger partial charge in [-0.3, -0.25) is 4.99 Å². The Labute approximate surface area is 101 Å². The Morgan fingerprint density at radius 1 is 0.875 bits per heavy atom. The standard InChI is InChI=1S/C7H13N.C6H6.C2H6/c1-3-5-6-7-8-4-2;1-2-4-6-5-3-1;1-2/h5-7H,3-4H2,1-2H3;1-6H;1-2H3/b6-5-,8-7?;;. The first-order valence-electron chi connectivity index (χ1n) is 6.06. The number of allylic oxidation sites excluding steroid dienone is 2.